The topological polar surface area (TPSA) is 95.9 Å². The summed E-state index contributed by atoms with van der Waals surface area (Å²) in [6.45, 7) is 4.89. The van der Waals surface area contributed by atoms with Gasteiger partial charge in [0.25, 0.3) is 0 Å². The van der Waals surface area contributed by atoms with Gasteiger partial charge >= 0.3 is 5.97 Å². The maximum absolute atomic E-state index is 12.5. The third kappa shape index (κ3) is 58.9. The number of aliphatic hydroxyl groups excluding tert-OH is 2. The second-order valence-electron chi connectivity index (χ2n) is 22.1. The quantitative estimate of drug-likeness (QED) is 0.0320. The molecule has 0 saturated heterocycles. The molecule has 0 aromatic carbocycles. The number of ether oxygens (including phenoxy) is 1. The molecule has 6 nitrogen and oxygen atoms in total. The van der Waals surface area contributed by atoms with E-state index in [0.717, 1.165) is 57.8 Å². The molecule has 0 bridgehead atoms. The number of unbranched alkanes of at least 4 members (excludes halogenated alkanes) is 41. The van der Waals surface area contributed by atoms with E-state index in [9.17, 15) is 19.8 Å². The van der Waals surface area contributed by atoms with Gasteiger partial charge in [0, 0.05) is 12.8 Å². The zero-order valence-electron chi connectivity index (χ0n) is 48.9. The zero-order chi connectivity index (χ0) is 52.9. The van der Waals surface area contributed by atoms with Crippen LogP contribution in [0.3, 0.4) is 0 Å². The molecule has 0 radical (unpaired) electrons. The summed E-state index contributed by atoms with van der Waals surface area (Å²) >= 11 is 0. The minimum Gasteiger partial charge on any atom is -0.466 e. The van der Waals surface area contributed by atoms with Crippen molar-refractivity contribution in [2.75, 3.05) is 13.2 Å². The van der Waals surface area contributed by atoms with Gasteiger partial charge in [0.2, 0.25) is 5.91 Å². The van der Waals surface area contributed by atoms with Crippen LogP contribution in [-0.4, -0.2) is 47.4 Å². The molecule has 0 spiro atoms. The highest BCUT2D eigenvalue weighted by Crippen LogP contribution is 2.17. The Labute approximate surface area is 455 Å². The van der Waals surface area contributed by atoms with Crippen LogP contribution in [0.5, 0.6) is 0 Å². The molecular formula is C67H125NO5. The number of hydrogen-bond acceptors (Lipinski definition) is 5. The van der Waals surface area contributed by atoms with Gasteiger partial charge in [-0.1, -0.05) is 294 Å². The smallest absolute Gasteiger partial charge is 0.305 e. The first-order valence-corrected chi connectivity index (χ1v) is 32.4. The van der Waals surface area contributed by atoms with Crippen LogP contribution in [0.4, 0.5) is 0 Å². The number of aliphatic hydroxyl groups is 2. The van der Waals surface area contributed by atoms with Crippen LogP contribution in [0.2, 0.25) is 0 Å². The third-order valence-electron chi connectivity index (χ3n) is 14.8. The molecule has 6 heteroatoms. The third-order valence-corrected chi connectivity index (χ3v) is 14.8. The molecule has 0 aliphatic rings. The molecule has 0 fully saturated rings. The van der Waals surface area contributed by atoms with Crippen LogP contribution in [0.1, 0.15) is 341 Å². The molecule has 428 valence electrons. The molecule has 73 heavy (non-hydrogen) atoms. The number of rotatable bonds is 60. The van der Waals surface area contributed by atoms with E-state index < -0.39 is 12.1 Å². The predicted octanol–water partition coefficient (Wildman–Crippen LogP) is 20.5. The predicted molar refractivity (Wildman–Crippen MR) is 319 cm³/mol. The molecule has 0 rings (SSSR count). The lowest BCUT2D eigenvalue weighted by molar-refractivity contribution is -0.143. The Kier molecular flexibility index (Phi) is 60.5. The average molecular weight is 1020 g/mol. The maximum Gasteiger partial charge on any atom is 0.305 e. The lowest BCUT2D eigenvalue weighted by atomic mass is 10.0. The fourth-order valence-electron chi connectivity index (χ4n) is 9.89. The largest absolute Gasteiger partial charge is 0.466 e. The standard InChI is InChI=1S/C67H125NO5/c1-3-5-7-9-11-13-15-17-36-39-43-47-51-55-59-65(70)64(63-69)68-66(71)60-56-52-48-44-40-37-33-31-29-27-25-23-21-19-18-20-22-24-26-28-30-32-34-38-42-46-50-54-58-62-73-67(72)61-57-53-49-45-41-35-16-14-12-10-8-6-4-2/h8,10,14,16,18,20,24,26,64-65,69-70H,3-7,9,11-13,15,17,19,21-23,25,27-63H2,1-2H3,(H,68,71)/b10-8-,16-14-,20-18-,26-24-. The maximum atomic E-state index is 12.5. The Hall–Kier alpha value is -2.18. The lowest BCUT2D eigenvalue weighted by Crippen LogP contribution is -2.45. The average Bonchev–Trinajstić information content (AvgIpc) is 3.39. The Morgan fingerprint density at radius 1 is 0.384 bits per heavy atom. The summed E-state index contributed by atoms with van der Waals surface area (Å²) in [4.78, 5) is 24.5. The number of hydrogen-bond donors (Lipinski definition) is 3. The van der Waals surface area contributed by atoms with Gasteiger partial charge in [0.05, 0.1) is 25.4 Å². The van der Waals surface area contributed by atoms with Crippen molar-refractivity contribution in [1.29, 1.82) is 0 Å². The number of carbonyl (C=O) groups is 2. The minimum absolute atomic E-state index is 0.00363. The highest BCUT2D eigenvalue weighted by molar-refractivity contribution is 5.76. The van der Waals surface area contributed by atoms with Crippen molar-refractivity contribution in [2.24, 2.45) is 0 Å². The van der Waals surface area contributed by atoms with Gasteiger partial charge in [-0.15, -0.1) is 0 Å². The van der Waals surface area contributed by atoms with E-state index in [0.29, 0.717) is 25.9 Å². The van der Waals surface area contributed by atoms with Crippen LogP contribution in [-0.2, 0) is 14.3 Å². The van der Waals surface area contributed by atoms with E-state index in [1.54, 1.807) is 0 Å². The van der Waals surface area contributed by atoms with E-state index in [-0.39, 0.29) is 18.5 Å². The molecule has 0 aromatic heterocycles. The van der Waals surface area contributed by atoms with Crippen molar-refractivity contribution in [3.63, 3.8) is 0 Å². The second-order valence-corrected chi connectivity index (χ2v) is 22.1. The number of carbonyl (C=O) groups excluding carboxylic acids is 2. The van der Waals surface area contributed by atoms with Gasteiger partial charge in [0.15, 0.2) is 0 Å². The summed E-state index contributed by atoms with van der Waals surface area (Å²) < 4.78 is 5.47. The highest BCUT2D eigenvalue weighted by Gasteiger charge is 2.20. The van der Waals surface area contributed by atoms with E-state index in [4.69, 9.17) is 4.74 Å². The number of nitrogens with one attached hydrogen (secondary N) is 1. The van der Waals surface area contributed by atoms with E-state index in [1.807, 2.05) is 0 Å². The van der Waals surface area contributed by atoms with Gasteiger partial charge < -0.3 is 20.3 Å². The van der Waals surface area contributed by atoms with Crippen LogP contribution in [0.15, 0.2) is 48.6 Å². The van der Waals surface area contributed by atoms with E-state index >= 15 is 0 Å². The van der Waals surface area contributed by atoms with Gasteiger partial charge in [-0.3, -0.25) is 9.59 Å². The van der Waals surface area contributed by atoms with Gasteiger partial charge in [0.1, 0.15) is 0 Å². The summed E-state index contributed by atoms with van der Waals surface area (Å²) in [6, 6.07) is -0.542. The lowest BCUT2D eigenvalue weighted by Gasteiger charge is -2.22. The molecule has 0 saturated carbocycles. The Bertz CT molecular complexity index is 1230. The van der Waals surface area contributed by atoms with Gasteiger partial charge in [-0.2, -0.15) is 0 Å². The normalized spacial score (nSPS) is 12.9. The monoisotopic (exact) mass is 1020 g/mol. The highest BCUT2D eigenvalue weighted by atomic mass is 16.5. The zero-order valence-corrected chi connectivity index (χ0v) is 48.9. The van der Waals surface area contributed by atoms with Crippen LogP contribution in [0.25, 0.3) is 0 Å². The SMILES string of the molecule is CCC/C=C\C/C=C\CCCCCCCC(=O)OCCCCCCCCCCC/C=C\C/C=C\CCCCCCCCCCCCCCCC(=O)NC(CO)C(O)CCCCCCCCCCCCCCCC. The fraction of sp³-hybridized carbons (Fsp3) is 0.851. The summed E-state index contributed by atoms with van der Waals surface area (Å²) in [5.41, 5.74) is 0. The first-order chi connectivity index (χ1) is 36.0. The number of amides is 1. The molecule has 2 unspecified atom stereocenters. The molecule has 3 N–H and O–H groups in total. The number of esters is 1. The van der Waals surface area contributed by atoms with E-state index in [2.05, 4.69) is 67.8 Å². The van der Waals surface area contributed by atoms with Gasteiger partial charge in [-0.05, 0) is 83.5 Å². The Balaban J connectivity index is 3.41. The van der Waals surface area contributed by atoms with Crippen molar-refractivity contribution in [3.8, 4) is 0 Å². The van der Waals surface area contributed by atoms with Crippen LogP contribution in [0, 0.1) is 0 Å². The van der Waals surface area contributed by atoms with Crippen molar-refractivity contribution >= 4 is 11.9 Å². The van der Waals surface area contributed by atoms with Crippen LogP contribution >= 0.6 is 0 Å². The molecule has 0 aliphatic heterocycles. The minimum atomic E-state index is -0.665. The molecule has 1 amide bonds. The summed E-state index contributed by atoms with van der Waals surface area (Å²) in [5.74, 6) is -0.0386. The summed E-state index contributed by atoms with van der Waals surface area (Å²) in [7, 11) is 0. The van der Waals surface area contributed by atoms with Gasteiger partial charge in [-0.25, -0.2) is 0 Å². The molecular weight excluding hydrogens is 899 g/mol. The Morgan fingerprint density at radius 2 is 0.712 bits per heavy atom. The molecule has 0 aliphatic carbocycles. The van der Waals surface area contributed by atoms with Crippen molar-refractivity contribution in [3.05, 3.63) is 48.6 Å². The molecule has 2 atom stereocenters. The van der Waals surface area contributed by atoms with Crippen molar-refractivity contribution < 1.29 is 24.5 Å². The number of allylic oxidation sites excluding steroid dienone is 8. The Morgan fingerprint density at radius 3 is 1.10 bits per heavy atom. The first kappa shape index (κ1) is 70.8. The summed E-state index contributed by atoms with van der Waals surface area (Å²) in [5, 5.41) is 23.3. The summed E-state index contributed by atoms with van der Waals surface area (Å²) in [6.07, 6.45) is 79.9. The first-order valence-electron chi connectivity index (χ1n) is 32.4. The van der Waals surface area contributed by atoms with Crippen molar-refractivity contribution in [2.45, 2.75) is 353 Å². The molecule has 0 aromatic rings. The van der Waals surface area contributed by atoms with Crippen molar-refractivity contribution in [1.82, 2.24) is 5.32 Å². The van der Waals surface area contributed by atoms with E-state index in [1.165, 1.54) is 250 Å². The molecule has 0 heterocycles. The van der Waals surface area contributed by atoms with Crippen LogP contribution < -0.4 is 5.32 Å². The fourth-order valence-corrected chi connectivity index (χ4v) is 9.89. The second kappa shape index (κ2) is 62.4.